The van der Waals surface area contributed by atoms with Crippen LogP contribution in [0.5, 0.6) is 0 Å². The zero-order valence-electron chi connectivity index (χ0n) is 10.4. The summed E-state index contributed by atoms with van der Waals surface area (Å²) in [6.07, 6.45) is 9.09. The van der Waals surface area contributed by atoms with Crippen LogP contribution in [0.25, 0.3) is 0 Å². The normalized spacial score (nSPS) is 19.8. The fraction of sp³-hybridized carbons (Fsp3) is 0.643. The van der Waals surface area contributed by atoms with Crippen LogP contribution >= 0.6 is 0 Å². The first kappa shape index (κ1) is 12.5. The summed E-state index contributed by atoms with van der Waals surface area (Å²) in [7, 11) is 0. The van der Waals surface area contributed by atoms with Gasteiger partial charge in [-0.15, -0.1) is 0 Å². The lowest BCUT2D eigenvalue weighted by atomic mass is 9.94. The molecule has 1 aromatic heterocycles. The Labute approximate surface area is 103 Å². The van der Waals surface area contributed by atoms with Crippen molar-refractivity contribution in [3.8, 4) is 0 Å². The molecule has 0 aromatic carbocycles. The molecule has 0 amide bonds. The molecule has 17 heavy (non-hydrogen) atoms. The third-order valence-electron chi connectivity index (χ3n) is 3.64. The van der Waals surface area contributed by atoms with Gasteiger partial charge in [0.15, 0.2) is 0 Å². The van der Waals surface area contributed by atoms with Crippen molar-refractivity contribution in [2.24, 2.45) is 5.73 Å². The van der Waals surface area contributed by atoms with Gasteiger partial charge in [-0.3, -0.25) is 4.98 Å². The predicted octanol–water partition coefficient (Wildman–Crippen LogP) is 2.65. The van der Waals surface area contributed by atoms with E-state index in [9.17, 15) is 0 Å². The number of nitrogens with zero attached hydrogens (tertiary/aromatic N) is 1. The summed E-state index contributed by atoms with van der Waals surface area (Å²) in [6.45, 7) is 1.21. The Balaban J connectivity index is 1.94. The highest BCUT2D eigenvalue weighted by molar-refractivity contribution is 5.02. The molecule has 3 nitrogen and oxygen atoms in total. The van der Waals surface area contributed by atoms with Gasteiger partial charge in [-0.05, 0) is 25.0 Å². The Kier molecular flexibility index (Phi) is 4.51. The smallest absolute Gasteiger partial charge is 0.0896 e. The molecule has 2 rings (SSSR count). The van der Waals surface area contributed by atoms with E-state index in [1.165, 1.54) is 25.7 Å². The van der Waals surface area contributed by atoms with E-state index in [-0.39, 0.29) is 5.60 Å². The average molecular weight is 234 g/mol. The van der Waals surface area contributed by atoms with Crippen molar-refractivity contribution in [2.45, 2.75) is 50.7 Å². The summed E-state index contributed by atoms with van der Waals surface area (Å²) in [5.74, 6) is 0. The van der Waals surface area contributed by atoms with E-state index >= 15 is 0 Å². The molecule has 0 spiro atoms. The largest absolute Gasteiger partial charge is 0.367 e. The maximum atomic E-state index is 6.10. The van der Waals surface area contributed by atoms with Gasteiger partial charge < -0.3 is 10.5 Å². The van der Waals surface area contributed by atoms with Gasteiger partial charge in [-0.2, -0.15) is 0 Å². The second-order valence-electron chi connectivity index (χ2n) is 4.91. The summed E-state index contributed by atoms with van der Waals surface area (Å²) in [5.41, 5.74) is 6.81. The van der Waals surface area contributed by atoms with Crippen LogP contribution in [0.1, 0.15) is 44.2 Å². The van der Waals surface area contributed by atoms with E-state index in [4.69, 9.17) is 10.5 Å². The summed E-state index contributed by atoms with van der Waals surface area (Å²) < 4.78 is 6.10. The topological polar surface area (TPSA) is 48.1 Å². The summed E-state index contributed by atoms with van der Waals surface area (Å²) in [5, 5.41) is 0. The van der Waals surface area contributed by atoms with Crippen molar-refractivity contribution in [2.75, 3.05) is 6.54 Å². The third-order valence-corrected chi connectivity index (χ3v) is 3.64. The minimum Gasteiger partial charge on any atom is -0.367 e. The van der Waals surface area contributed by atoms with Crippen molar-refractivity contribution in [1.82, 2.24) is 4.98 Å². The number of pyridine rings is 1. The molecule has 0 atom stereocenters. The fourth-order valence-electron chi connectivity index (χ4n) is 2.49. The SMILES string of the molecule is NCC1(OCc2ccccn2)CCCCCC1. The van der Waals surface area contributed by atoms with Crippen LogP contribution in [0.4, 0.5) is 0 Å². The first-order valence-electron chi connectivity index (χ1n) is 6.59. The molecule has 0 bridgehead atoms. The highest BCUT2D eigenvalue weighted by Gasteiger charge is 2.30. The molecule has 3 heteroatoms. The van der Waals surface area contributed by atoms with Crippen molar-refractivity contribution >= 4 is 0 Å². The van der Waals surface area contributed by atoms with E-state index in [1.54, 1.807) is 6.20 Å². The van der Waals surface area contributed by atoms with E-state index in [1.807, 2.05) is 18.2 Å². The van der Waals surface area contributed by atoms with Crippen LogP contribution in [0.15, 0.2) is 24.4 Å². The predicted molar refractivity (Wildman–Crippen MR) is 68.5 cm³/mol. The maximum Gasteiger partial charge on any atom is 0.0896 e. The second kappa shape index (κ2) is 6.12. The minimum absolute atomic E-state index is 0.103. The standard InChI is InChI=1S/C14H22N2O/c15-12-14(8-4-1-2-5-9-14)17-11-13-7-3-6-10-16-13/h3,6-7,10H,1-2,4-5,8-9,11-12,15H2. The van der Waals surface area contributed by atoms with Crippen molar-refractivity contribution < 1.29 is 4.74 Å². The van der Waals surface area contributed by atoms with E-state index in [0.717, 1.165) is 18.5 Å². The molecule has 2 N–H and O–H groups in total. The number of aromatic nitrogens is 1. The highest BCUT2D eigenvalue weighted by atomic mass is 16.5. The molecule has 0 unspecified atom stereocenters. The minimum atomic E-state index is -0.103. The molecule has 1 fully saturated rings. The van der Waals surface area contributed by atoms with Gasteiger partial charge in [-0.25, -0.2) is 0 Å². The van der Waals surface area contributed by atoms with Crippen LogP contribution in [0, 0.1) is 0 Å². The average Bonchev–Trinajstić information content (AvgIpc) is 2.64. The van der Waals surface area contributed by atoms with Crippen LogP contribution in [-0.4, -0.2) is 17.1 Å². The zero-order valence-corrected chi connectivity index (χ0v) is 10.4. The molecule has 94 valence electrons. The van der Waals surface area contributed by atoms with Crippen molar-refractivity contribution in [3.63, 3.8) is 0 Å². The Morgan fingerprint density at radius 3 is 2.53 bits per heavy atom. The lowest BCUT2D eigenvalue weighted by Crippen LogP contribution is -2.40. The molecular formula is C14H22N2O. The quantitative estimate of drug-likeness (QED) is 0.815. The van der Waals surface area contributed by atoms with E-state index < -0.39 is 0 Å². The van der Waals surface area contributed by atoms with Gasteiger partial charge in [0, 0.05) is 12.7 Å². The molecule has 0 aliphatic heterocycles. The zero-order chi connectivity index (χ0) is 12.0. The molecule has 1 aromatic rings. The first-order chi connectivity index (χ1) is 8.35. The molecule has 1 heterocycles. The van der Waals surface area contributed by atoms with Crippen LogP contribution in [0.3, 0.4) is 0 Å². The molecular weight excluding hydrogens is 212 g/mol. The first-order valence-corrected chi connectivity index (χ1v) is 6.59. The molecule has 1 aliphatic rings. The number of hydrogen-bond donors (Lipinski definition) is 1. The summed E-state index contributed by atoms with van der Waals surface area (Å²) in [6, 6.07) is 5.92. The molecule has 1 aliphatic carbocycles. The van der Waals surface area contributed by atoms with Crippen LogP contribution in [-0.2, 0) is 11.3 Å². The second-order valence-corrected chi connectivity index (χ2v) is 4.91. The number of rotatable bonds is 4. The summed E-state index contributed by atoms with van der Waals surface area (Å²) in [4.78, 5) is 4.29. The Morgan fingerprint density at radius 1 is 1.18 bits per heavy atom. The number of nitrogens with two attached hydrogens (primary N) is 1. The van der Waals surface area contributed by atoms with Crippen LogP contribution in [0.2, 0.25) is 0 Å². The molecule has 0 saturated heterocycles. The molecule has 1 saturated carbocycles. The Hall–Kier alpha value is -0.930. The maximum absolute atomic E-state index is 6.10. The fourth-order valence-corrected chi connectivity index (χ4v) is 2.49. The number of hydrogen-bond acceptors (Lipinski definition) is 3. The summed E-state index contributed by atoms with van der Waals surface area (Å²) >= 11 is 0. The van der Waals surface area contributed by atoms with Gasteiger partial charge in [0.05, 0.1) is 17.9 Å². The lowest BCUT2D eigenvalue weighted by molar-refractivity contribution is -0.0613. The monoisotopic (exact) mass is 234 g/mol. The van der Waals surface area contributed by atoms with Crippen LogP contribution < -0.4 is 5.73 Å². The van der Waals surface area contributed by atoms with E-state index in [0.29, 0.717) is 13.2 Å². The van der Waals surface area contributed by atoms with Gasteiger partial charge in [0.2, 0.25) is 0 Å². The van der Waals surface area contributed by atoms with Gasteiger partial charge in [0.1, 0.15) is 0 Å². The van der Waals surface area contributed by atoms with E-state index in [2.05, 4.69) is 4.98 Å². The Bertz CT molecular complexity index is 318. The highest BCUT2D eigenvalue weighted by Crippen LogP contribution is 2.30. The third kappa shape index (κ3) is 3.51. The number of ether oxygens (including phenoxy) is 1. The van der Waals surface area contributed by atoms with Gasteiger partial charge in [0.25, 0.3) is 0 Å². The Morgan fingerprint density at radius 2 is 1.94 bits per heavy atom. The lowest BCUT2D eigenvalue weighted by Gasteiger charge is -2.31. The van der Waals surface area contributed by atoms with Gasteiger partial charge >= 0.3 is 0 Å². The van der Waals surface area contributed by atoms with Gasteiger partial charge in [-0.1, -0.05) is 31.7 Å². The van der Waals surface area contributed by atoms with Crippen molar-refractivity contribution in [3.05, 3.63) is 30.1 Å². The molecule has 0 radical (unpaired) electrons. The van der Waals surface area contributed by atoms with Crippen molar-refractivity contribution in [1.29, 1.82) is 0 Å².